The zero-order chi connectivity index (χ0) is 44.9. The van der Waals surface area contributed by atoms with Crippen molar-refractivity contribution in [3.8, 4) is 0 Å². The van der Waals surface area contributed by atoms with E-state index in [0.717, 1.165) is 6.92 Å². The highest BCUT2D eigenvalue weighted by molar-refractivity contribution is 5.01. The molecule has 0 saturated heterocycles. The van der Waals surface area contributed by atoms with Crippen LogP contribution >= 0.6 is 0 Å². The SMILES string of the molecule is CCCC[C-](CC(F)(F)CC(F)(F)F)CC(F)(F)CC(F)(F)F.CC[C-](CC(F)(F)C(F)(F)F)CC(F)(F)C(F)(F)F.CC[C-](CC(F)(F)F)CC(F)(F)F. The number of hydrogen-bond acceptors (Lipinski definition) is 0. The summed E-state index contributed by atoms with van der Waals surface area (Å²) in [4.78, 5) is 0. The van der Waals surface area contributed by atoms with E-state index in [1.807, 2.05) is 0 Å². The van der Waals surface area contributed by atoms with Gasteiger partial charge in [-0.3, -0.25) is 5.92 Å². The van der Waals surface area contributed by atoms with E-state index in [1.54, 1.807) is 6.92 Å². The van der Waals surface area contributed by atoms with Crippen LogP contribution in [0, 0.1) is 17.8 Å². The first-order chi connectivity index (χ1) is 23.8. The molecular weight excluding hydrogens is 842 g/mol. The van der Waals surface area contributed by atoms with Gasteiger partial charge in [-0.2, -0.15) is 116 Å². The number of halogens is 26. The van der Waals surface area contributed by atoms with Gasteiger partial charge in [0.1, 0.15) is 12.8 Å². The Morgan fingerprint density at radius 1 is 0.327 bits per heavy atom. The quantitative estimate of drug-likeness (QED) is 0.101. The molecule has 0 aliphatic heterocycles. The Bertz CT molecular complexity index is 950. The fourth-order valence-corrected chi connectivity index (χ4v) is 4.13. The Morgan fingerprint density at radius 3 is 0.800 bits per heavy atom. The smallest absolute Gasteiger partial charge is 0.302 e. The van der Waals surface area contributed by atoms with Gasteiger partial charge in [0.15, 0.2) is 0 Å². The molecule has 0 nitrogen and oxygen atoms in total. The second-order valence-electron chi connectivity index (χ2n) is 12.1. The van der Waals surface area contributed by atoms with Crippen LogP contribution in [-0.4, -0.2) is 60.7 Å². The number of alkyl halides is 26. The van der Waals surface area contributed by atoms with Crippen molar-refractivity contribution < 1.29 is 114 Å². The van der Waals surface area contributed by atoms with Gasteiger partial charge in [-0.25, -0.2) is 17.6 Å². The van der Waals surface area contributed by atoms with Crippen molar-refractivity contribution >= 4 is 0 Å². The largest absolute Gasteiger partial charge is 0.450 e. The highest BCUT2D eigenvalue weighted by Crippen LogP contribution is 2.47. The Kier molecular flexibility index (Phi) is 22.2. The van der Waals surface area contributed by atoms with Crippen LogP contribution < -0.4 is 0 Å². The fraction of sp³-hybridized carbons (Fsp3) is 0.897. The molecule has 0 spiro atoms. The molecule has 26 heteroatoms. The summed E-state index contributed by atoms with van der Waals surface area (Å²) in [7, 11) is 0. The van der Waals surface area contributed by atoms with Gasteiger partial charge in [-0.15, -0.1) is 25.7 Å². The average Bonchev–Trinajstić information content (AvgIpc) is 2.85. The lowest BCUT2D eigenvalue weighted by molar-refractivity contribution is -0.292. The van der Waals surface area contributed by atoms with Crippen LogP contribution in [0.4, 0.5) is 114 Å². The molecule has 0 aromatic rings. The van der Waals surface area contributed by atoms with E-state index in [4.69, 9.17) is 0 Å². The van der Waals surface area contributed by atoms with E-state index in [2.05, 4.69) is 0 Å². The molecule has 0 aliphatic rings. The van der Waals surface area contributed by atoms with Crippen molar-refractivity contribution in [2.45, 2.75) is 165 Å². The fourth-order valence-electron chi connectivity index (χ4n) is 4.13. The van der Waals surface area contributed by atoms with E-state index in [-0.39, 0.29) is 19.3 Å². The molecule has 0 atom stereocenters. The molecule has 0 aromatic heterocycles. The van der Waals surface area contributed by atoms with Gasteiger partial charge < -0.3 is 11.8 Å². The summed E-state index contributed by atoms with van der Waals surface area (Å²) in [6, 6.07) is 0. The third-order valence-electron chi connectivity index (χ3n) is 6.49. The molecule has 0 aliphatic carbocycles. The van der Waals surface area contributed by atoms with E-state index in [0.29, 0.717) is 6.42 Å². The Balaban J connectivity index is -0.000000766. The van der Waals surface area contributed by atoms with Gasteiger partial charge in [-0.1, -0.05) is 46.5 Å². The zero-order valence-electron chi connectivity index (χ0n) is 28.5. The molecule has 0 aromatic carbocycles. The lowest BCUT2D eigenvalue weighted by atomic mass is 9.87. The molecule has 0 radical (unpaired) electrons. The standard InChI is InChI=1S/C13H17F10.C9H9F10.C7H9F6/c1-2-3-4-9(5-10(14,15)7-12(18,19)20)6-11(16,17)8-13(21,22)23;1-2-5(3-6(10,11)8(14,15)16)4-7(12,13)9(17,18)19;1-2-5(3-6(8,9)10)4-7(11,12)13/h2-8H2,1H3;2-4H2,1H3;2-4H2,1H3/q3*-1. The average molecular weight is 878 g/mol. The van der Waals surface area contributed by atoms with Crippen LogP contribution in [0.3, 0.4) is 0 Å². The third kappa shape index (κ3) is 30.0. The normalized spacial score (nSPS) is 14.6. The summed E-state index contributed by atoms with van der Waals surface area (Å²) in [5, 5.41) is 0. The van der Waals surface area contributed by atoms with Crippen molar-refractivity contribution in [3.63, 3.8) is 0 Å². The van der Waals surface area contributed by atoms with Crippen LogP contribution in [-0.2, 0) is 0 Å². The van der Waals surface area contributed by atoms with E-state index < -0.39 is 136 Å². The highest BCUT2D eigenvalue weighted by atomic mass is 19.4. The molecule has 0 bridgehead atoms. The first-order valence-corrected chi connectivity index (χ1v) is 15.3. The van der Waals surface area contributed by atoms with Crippen LogP contribution in [0.1, 0.15) is 104 Å². The molecule has 0 rings (SSSR count). The number of hydrogen-bond donors (Lipinski definition) is 0. The van der Waals surface area contributed by atoms with Gasteiger partial charge in [0.05, 0.1) is 0 Å². The summed E-state index contributed by atoms with van der Waals surface area (Å²) in [5.74, 6) is -21.7. The Labute approximate surface area is 297 Å². The second kappa shape index (κ2) is 21.3. The maximum Gasteiger partial charge on any atom is 0.450 e. The van der Waals surface area contributed by atoms with E-state index in [9.17, 15) is 114 Å². The monoisotopic (exact) mass is 877 g/mol. The van der Waals surface area contributed by atoms with Crippen molar-refractivity contribution in [2.24, 2.45) is 0 Å². The lowest BCUT2D eigenvalue weighted by Crippen LogP contribution is -2.41. The molecule has 336 valence electrons. The predicted octanol–water partition coefficient (Wildman–Crippen LogP) is 15.7. The van der Waals surface area contributed by atoms with Gasteiger partial charge in [0.25, 0.3) is 0 Å². The maximum absolute atomic E-state index is 13.3. The van der Waals surface area contributed by atoms with Crippen LogP contribution in [0.2, 0.25) is 0 Å². The lowest BCUT2D eigenvalue weighted by Gasteiger charge is -2.37. The first-order valence-electron chi connectivity index (χ1n) is 15.3. The zero-order valence-corrected chi connectivity index (χ0v) is 28.5. The van der Waals surface area contributed by atoms with Gasteiger partial charge in [0.2, 0.25) is 11.8 Å². The Morgan fingerprint density at radius 2 is 0.600 bits per heavy atom. The third-order valence-corrected chi connectivity index (χ3v) is 6.49. The number of unbranched alkanes of at least 4 members (excludes halogenated alkanes) is 1. The van der Waals surface area contributed by atoms with Gasteiger partial charge >= 0.3 is 48.9 Å². The summed E-state index contributed by atoms with van der Waals surface area (Å²) >= 11 is 0. The minimum atomic E-state index is -6.00. The van der Waals surface area contributed by atoms with Gasteiger partial charge in [-0.05, 0) is 0 Å². The predicted molar refractivity (Wildman–Crippen MR) is 143 cm³/mol. The van der Waals surface area contributed by atoms with Crippen molar-refractivity contribution in [3.05, 3.63) is 17.8 Å². The van der Waals surface area contributed by atoms with Crippen molar-refractivity contribution in [1.29, 1.82) is 0 Å². The molecule has 55 heavy (non-hydrogen) atoms. The van der Waals surface area contributed by atoms with Crippen LogP contribution in [0.5, 0.6) is 0 Å². The summed E-state index contributed by atoms with van der Waals surface area (Å²) < 4.78 is 317. The number of rotatable bonds is 17. The molecule has 0 unspecified atom stereocenters. The molecular formula is C29H35F26-3. The van der Waals surface area contributed by atoms with Crippen molar-refractivity contribution in [2.75, 3.05) is 0 Å². The molecule has 0 fully saturated rings. The van der Waals surface area contributed by atoms with Crippen molar-refractivity contribution in [1.82, 2.24) is 0 Å². The van der Waals surface area contributed by atoms with Crippen LogP contribution in [0.15, 0.2) is 0 Å². The van der Waals surface area contributed by atoms with Crippen LogP contribution in [0.25, 0.3) is 0 Å². The Hall–Kier alpha value is -1.82. The highest BCUT2D eigenvalue weighted by Gasteiger charge is 2.58. The minimum absolute atomic E-state index is 0.125. The molecule has 0 N–H and O–H groups in total. The van der Waals surface area contributed by atoms with E-state index in [1.165, 1.54) is 6.92 Å². The first kappa shape index (κ1) is 57.5. The molecule has 0 heterocycles. The molecule has 0 saturated carbocycles. The van der Waals surface area contributed by atoms with E-state index >= 15 is 0 Å². The summed E-state index contributed by atoms with van der Waals surface area (Å²) in [5.41, 5.74) is 0. The minimum Gasteiger partial charge on any atom is -0.302 e. The molecule has 0 amide bonds. The topological polar surface area (TPSA) is 0 Å². The van der Waals surface area contributed by atoms with Gasteiger partial charge in [0, 0.05) is 0 Å². The summed E-state index contributed by atoms with van der Waals surface area (Å²) in [6.45, 7) is 3.79. The summed E-state index contributed by atoms with van der Waals surface area (Å²) in [6.07, 6.45) is -47.7. The maximum atomic E-state index is 13.3. The second-order valence-corrected chi connectivity index (χ2v) is 12.1.